The molecule has 4 amide bonds. The van der Waals surface area contributed by atoms with Gasteiger partial charge in [-0.25, -0.2) is 4.68 Å². The molecule has 0 aliphatic carbocycles. The van der Waals surface area contributed by atoms with E-state index >= 15 is 0 Å². The van der Waals surface area contributed by atoms with E-state index in [2.05, 4.69) is 20.9 Å². The number of benzene rings is 2. The number of carbonyl (C=O) groups is 4. The van der Waals surface area contributed by atoms with Crippen molar-refractivity contribution in [3.63, 3.8) is 0 Å². The molecule has 0 radical (unpaired) electrons. The zero-order chi connectivity index (χ0) is 30.5. The molecule has 3 atom stereocenters. The minimum absolute atomic E-state index is 0.00715. The van der Waals surface area contributed by atoms with Crippen LogP contribution in [0.4, 0.5) is 0 Å². The van der Waals surface area contributed by atoms with Crippen molar-refractivity contribution >= 4 is 34.7 Å². The maximum atomic E-state index is 13.6. The first kappa shape index (κ1) is 30.0. The Kier molecular flexibility index (Phi) is 9.19. The van der Waals surface area contributed by atoms with Gasteiger partial charge in [-0.05, 0) is 60.6 Å². The number of methoxy groups -OCH3 is 1. The predicted molar refractivity (Wildman–Crippen MR) is 157 cm³/mol. The van der Waals surface area contributed by atoms with Crippen molar-refractivity contribution in [2.24, 2.45) is 18.7 Å². The van der Waals surface area contributed by atoms with Crippen LogP contribution in [-0.2, 0) is 39.2 Å². The van der Waals surface area contributed by atoms with Gasteiger partial charge in [0.2, 0.25) is 23.6 Å². The SMILES string of the molecule is COc1ccc(C[C@@H]2C[C@@H](C(=O)NCc3ccc4c(c3)nnn4C)N(C(=O)[C@H](N)CCC(=O)N3CCNC(=O)C3)C2)cc1. The molecule has 13 heteroatoms. The van der Waals surface area contributed by atoms with Gasteiger partial charge in [0.15, 0.2) is 0 Å². The highest BCUT2D eigenvalue weighted by atomic mass is 16.5. The Morgan fingerprint density at radius 1 is 1.16 bits per heavy atom. The summed E-state index contributed by atoms with van der Waals surface area (Å²) in [5, 5.41) is 13.8. The highest BCUT2D eigenvalue weighted by molar-refractivity contribution is 5.91. The van der Waals surface area contributed by atoms with Crippen LogP contribution in [0.1, 0.15) is 30.4 Å². The summed E-state index contributed by atoms with van der Waals surface area (Å²) in [6.07, 6.45) is 1.35. The summed E-state index contributed by atoms with van der Waals surface area (Å²) in [5.41, 5.74) is 9.88. The molecule has 228 valence electrons. The smallest absolute Gasteiger partial charge is 0.243 e. The van der Waals surface area contributed by atoms with Crippen LogP contribution in [-0.4, -0.2) is 93.8 Å². The Morgan fingerprint density at radius 3 is 2.67 bits per heavy atom. The van der Waals surface area contributed by atoms with Crippen molar-refractivity contribution in [2.75, 3.05) is 33.3 Å². The van der Waals surface area contributed by atoms with E-state index in [0.717, 1.165) is 27.9 Å². The van der Waals surface area contributed by atoms with E-state index in [1.807, 2.05) is 49.5 Å². The Labute approximate surface area is 249 Å². The standard InChI is InChI=1S/C30H38N8O5/c1-36-25-9-5-20(14-24(25)34-35-36)16-33-29(41)26-15-21(13-19-3-6-22(43-2)7-4-19)17-38(26)30(42)23(31)8-10-28(40)37-12-11-32-27(39)18-37/h3-7,9,14,21,23,26H,8,10-13,15-18,31H2,1-2H3,(H,32,39)(H,33,41)/t21-,23-,26+/m1/s1. The monoisotopic (exact) mass is 590 g/mol. The summed E-state index contributed by atoms with van der Waals surface area (Å²) in [6.45, 7) is 1.49. The van der Waals surface area contributed by atoms with Crippen molar-refractivity contribution in [1.29, 1.82) is 0 Å². The molecule has 0 bridgehead atoms. The van der Waals surface area contributed by atoms with E-state index in [-0.39, 0.29) is 55.5 Å². The van der Waals surface area contributed by atoms with Crippen LogP contribution in [0.15, 0.2) is 42.5 Å². The zero-order valence-corrected chi connectivity index (χ0v) is 24.5. The molecule has 4 N–H and O–H groups in total. The van der Waals surface area contributed by atoms with E-state index in [1.54, 1.807) is 16.7 Å². The van der Waals surface area contributed by atoms with Crippen LogP contribution < -0.4 is 21.1 Å². The number of rotatable bonds is 10. The minimum Gasteiger partial charge on any atom is -0.497 e. The number of hydrogen-bond donors (Lipinski definition) is 3. The van der Waals surface area contributed by atoms with Crippen LogP contribution in [0, 0.1) is 5.92 Å². The fourth-order valence-electron chi connectivity index (χ4n) is 5.79. The van der Waals surface area contributed by atoms with Crippen molar-refractivity contribution in [3.05, 3.63) is 53.6 Å². The molecule has 5 rings (SSSR count). The first-order valence-corrected chi connectivity index (χ1v) is 14.5. The number of amides is 4. The number of nitrogens with two attached hydrogens (primary N) is 1. The zero-order valence-electron chi connectivity index (χ0n) is 24.5. The highest BCUT2D eigenvalue weighted by Crippen LogP contribution is 2.28. The second-order valence-electron chi connectivity index (χ2n) is 11.2. The molecule has 43 heavy (non-hydrogen) atoms. The Bertz CT molecular complexity index is 1490. The Balaban J connectivity index is 1.24. The molecule has 3 heterocycles. The maximum Gasteiger partial charge on any atom is 0.243 e. The summed E-state index contributed by atoms with van der Waals surface area (Å²) in [5.74, 6) is -0.231. The highest BCUT2D eigenvalue weighted by Gasteiger charge is 2.41. The Hall–Kier alpha value is -4.52. The summed E-state index contributed by atoms with van der Waals surface area (Å²) in [4.78, 5) is 54.5. The maximum absolute atomic E-state index is 13.6. The summed E-state index contributed by atoms with van der Waals surface area (Å²) in [6, 6.07) is 11.8. The molecule has 2 saturated heterocycles. The molecule has 2 aromatic carbocycles. The number of nitrogens with zero attached hydrogens (tertiary/aromatic N) is 5. The number of aryl methyl sites for hydroxylation is 1. The number of ether oxygens (including phenoxy) is 1. The van der Waals surface area contributed by atoms with Gasteiger partial charge in [-0.15, -0.1) is 5.10 Å². The van der Waals surface area contributed by atoms with Gasteiger partial charge in [-0.1, -0.05) is 23.4 Å². The van der Waals surface area contributed by atoms with Gasteiger partial charge in [0.05, 0.1) is 25.2 Å². The second kappa shape index (κ2) is 13.2. The molecule has 1 aromatic heterocycles. The summed E-state index contributed by atoms with van der Waals surface area (Å²) < 4.78 is 6.94. The van der Waals surface area contributed by atoms with E-state index < -0.39 is 12.1 Å². The van der Waals surface area contributed by atoms with Crippen LogP contribution in [0.2, 0.25) is 0 Å². The van der Waals surface area contributed by atoms with Crippen molar-refractivity contribution < 1.29 is 23.9 Å². The molecular formula is C30H38N8O5. The van der Waals surface area contributed by atoms with Crippen LogP contribution >= 0.6 is 0 Å². The van der Waals surface area contributed by atoms with Gasteiger partial charge in [0, 0.05) is 39.6 Å². The van der Waals surface area contributed by atoms with Gasteiger partial charge in [0.1, 0.15) is 17.3 Å². The predicted octanol–water partition coefficient (Wildman–Crippen LogP) is 0.119. The normalized spacial score (nSPS) is 19.3. The van der Waals surface area contributed by atoms with Gasteiger partial charge < -0.3 is 30.9 Å². The van der Waals surface area contributed by atoms with Crippen LogP contribution in [0.25, 0.3) is 11.0 Å². The average molecular weight is 591 g/mol. The first-order chi connectivity index (χ1) is 20.7. The fraction of sp³-hybridized carbons (Fsp3) is 0.467. The number of likely N-dealkylation sites (tertiary alicyclic amines) is 1. The van der Waals surface area contributed by atoms with E-state index in [9.17, 15) is 19.2 Å². The molecular weight excluding hydrogens is 552 g/mol. The number of aromatic nitrogens is 3. The van der Waals surface area contributed by atoms with E-state index in [4.69, 9.17) is 10.5 Å². The van der Waals surface area contributed by atoms with Crippen LogP contribution in [0.3, 0.4) is 0 Å². The van der Waals surface area contributed by atoms with Gasteiger partial charge >= 0.3 is 0 Å². The molecule has 2 fully saturated rings. The summed E-state index contributed by atoms with van der Waals surface area (Å²) in [7, 11) is 3.43. The second-order valence-corrected chi connectivity index (χ2v) is 11.2. The molecule has 0 spiro atoms. The molecule has 0 unspecified atom stereocenters. The number of carbonyl (C=O) groups excluding carboxylic acids is 4. The average Bonchev–Trinajstić information content (AvgIpc) is 3.61. The number of hydrogen-bond acceptors (Lipinski definition) is 8. The summed E-state index contributed by atoms with van der Waals surface area (Å²) >= 11 is 0. The Morgan fingerprint density at radius 2 is 1.93 bits per heavy atom. The lowest BCUT2D eigenvalue weighted by Crippen LogP contribution is -2.52. The van der Waals surface area contributed by atoms with Crippen molar-refractivity contribution in [2.45, 2.75) is 44.3 Å². The van der Waals surface area contributed by atoms with Crippen molar-refractivity contribution in [3.8, 4) is 5.75 Å². The van der Waals surface area contributed by atoms with Gasteiger partial charge in [-0.3, -0.25) is 19.2 Å². The fourth-order valence-corrected chi connectivity index (χ4v) is 5.79. The van der Waals surface area contributed by atoms with Crippen LogP contribution in [0.5, 0.6) is 5.75 Å². The first-order valence-electron chi connectivity index (χ1n) is 14.5. The largest absolute Gasteiger partial charge is 0.497 e. The number of nitrogens with one attached hydrogen (secondary N) is 2. The molecule has 0 saturated carbocycles. The van der Waals surface area contributed by atoms with E-state index in [1.165, 1.54) is 4.90 Å². The van der Waals surface area contributed by atoms with Gasteiger partial charge in [0.25, 0.3) is 0 Å². The lowest BCUT2D eigenvalue weighted by Gasteiger charge is -2.28. The molecule has 2 aliphatic rings. The quantitative estimate of drug-likeness (QED) is 0.300. The lowest BCUT2D eigenvalue weighted by atomic mass is 9.96. The van der Waals surface area contributed by atoms with E-state index in [0.29, 0.717) is 32.5 Å². The topological polar surface area (TPSA) is 165 Å². The third-order valence-electron chi connectivity index (χ3n) is 8.18. The van der Waals surface area contributed by atoms with Gasteiger partial charge in [-0.2, -0.15) is 0 Å². The molecule has 2 aliphatic heterocycles. The number of fused-ring (bicyclic) bond motifs is 1. The third kappa shape index (κ3) is 7.11. The lowest BCUT2D eigenvalue weighted by molar-refractivity contribution is -0.140. The number of piperazine rings is 1. The van der Waals surface area contributed by atoms with Crippen molar-refractivity contribution in [1.82, 2.24) is 35.4 Å². The molecule has 3 aromatic rings. The molecule has 13 nitrogen and oxygen atoms in total. The minimum atomic E-state index is -0.948. The third-order valence-corrected chi connectivity index (χ3v) is 8.18.